The molecular formula is C21H23N3O8S. The Bertz CT molecular complexity index is 1140. The Morgan fingerprint density at radius 2 is 1.70 bits per heavy atom. The molecule has 2 aromatic rings. The fourth-order valence-corrected chi connectivity index (χ4v) is 4.41. The number of non-ortho nitro benzene ring substituents is 1. The number of nitro groups is 1. The van der Waals surface area contributed by atoms with E-state index in [-0.39, 0.29) is 22.2 Å². The van der Waals surface area contributed by atoms with Crippen LogP contribution < -0.4 is 4.72 Å². The predicted octanol–water partition coefficient (Wildman–Crippen LogP) is 2.66. The van der Waals surface area contributed by atoms with Gasteiger partial charge in [0.25, 0.3) is 21.6 Å². The van der Waals surface area contributed by atoms with Crippen molar-refractivity contribution in [3.63, 3.8) is 0 Å². The van der Waals surface area contributed by atoms with Crippen LogP contribution in [0.15, 0.2) is 47.4 Å². The molecule has 1 heterocycles. The first-order chi connectivity index (χ1) is 15.7. The van der Waals surface area contributed by atoms with Crippen LogP contribution in [0.2, 0.25) is 0 Å². The molecule has 1 amide bonds. The third kappa shape index (κ3) is 6.19. The summed E-state index contributed by atoms with van der Waals surface area (Å²) in [4.78, 5) is 36.1. The van der Waals surface area contributed by atoms with Crippen molar-refractivity contribution >= 4 is 33.3 Å². The summed E-state index contributed by atoms with van der Waals surface area (Å²) in [5.41, 5.74) is -0.548. The standard InChI is InChI=1S/C21H23N3O8S/c25-19-10-9-17(33(30,31)22-15-5-7-16(8-6-15)24(28)29)13-18(19)21(27)32-14-20(26)23-11-3-1-2-4-12-23/h5-10,13,22,25H,1-4,11-12,14H2. The Balaban J connectivity index is 1.70. The van der Waals surface area contributed by atoms with Crippen molar-refractivity contribution < 1.29 is 32.8 Å². The number of nitrogens with zero attached hydrogens (tertiary/aromatic N) is 2. The topological polar surface area (TPSA) is 156 Å². The van der Waals surface area contributed by atoms with Gasteiger partial charge in [0.15, 0.2) is 6.61 Å². The number of sulfonamides is 1. The summed E-state index contributed by atoms with van der Waals surface area (Å²) in [6, 6.07) is 7.76. The Labute approximate surface area is 190 Å². The first-order valence-corrected chi connectivity index (χ1v) is 11.7. The fraction of sp³-hybridized carbons (Fsp3) is 0.333. The molecule has 0 aromatic heterocycles. The van der Waals surface area contributed by atoms with Crippen LogP contribution in [0, 0.1) is 10.1 Å². The predicted molar refractivity (Wildman–Crippen MR) is 117 cm³/mol. The van der Waals surface area contributed by atoms with Gasteiger partial charge in [-0.1, -0.05) is 12.8 Å². The largest absolute Gasteiger partial charge is 0.507 e. The minimum absolute atomic E-state index is 0.0702. The summed E-state index contributed by atoms with van der Waals surface area (Å²) in [7, 11) is -4.19. The third-order valence-electron chi connectivity index (χ3n) is 5.11. The Hall–Kier alpha value is -3.67. The lowest BCUT2D eigenvalue weighted by Gasteiger charge is -2.20. The van der Waals surface area contributed by atoms with Gasteiger partial charge < -0.3 is 14.7 Å². The van der Waals surface area contributed by atoms with Gasteiger partial charge in [0.1, 0.15) is 11.3 Å². The molecule has 12 heteroatoms. The highest BCUT2D eigenvalue weighted by Crippen LogP contribution is 2.25. The van der Waals surface area contributed by atoms with Crippen molar-refractivity contribution in [1.29, 1.82) is 0 Å². The first-order valence-electron chi connectivity index (χ1n) is 10.2. The molecule has 2 aromatic carbocycles. The van der Waals surface area contributed by atoms with E-state index >= 15 is 0 Å². The molecule has 176 valence electrons. The number of nitro benzene ring substituents is 1. The van der Waals surface area contributed by atoms with Crippen molar-refractivity contribution in [2.45, 2.75) is 30.6 Å². The van der Waals surface area contributed by atoms with Gasteiger partial charge in [0.2, 0.25) is 0 Å². The van der Waals surface area contributed by atoms with Crippen LogP contribution in [-0.2, 0) is 19.6 Å². The number of benzene rings is 2. The second kappa shape index (κ2) is 10.3. The molecule has 1 saturated heterocycles. The molecule has 33 heavy (non-hydrogen) atoms. The number of amides is 1. The number of carbonyl (C=O) groups excluding carboxylic acids is 2. The Morgan fingerprint density at radius 1 is 1.06 bits per heavy atom. The van der Waals surface area contributed by atoms with Crippen molar-refractivity contribution in [3.05, 3.63) is 58.1 Å². The number of ether oxygens (including phenoxy) is 1. The molecule has 0 spiro atoms. The zero-order chi connectivity index (χ0) is 24.0. The smallest absolute Gasteiger partial charge is 0.342 e. The number of anilines is 1. The van der Waals surface area contributed by atoms with E-state index in [9.17, 15) is 33.2 Å². The summed E-state index contributed by atoms with van der Waals surface area (Å²) in [6.45, 7) is 0.656. The highest BCUT2D eigenvalue weighted by Gasteiger charge is 2.22. The zero-order valence-corrected chi connectivity index (χ0v) is 18.4. The number of rotatable bonds is 7. The summed E-state index contributed by atoms with van der Waals surface area (Å²) in [5, 5.41) is 20.7. The zero-order valence-electron chi connectivity index (χ0n) is 17.6. The molecule has 0 radical (unpaired) electrons. The number of hydrogen-bond donors (Lipinski definition) is 2. The normalized spacial score (nSPS) is 14.2. The van der Waals surface area contributed by atoms with Gasteiger partial charge in [0, 0.05) is 30.9 Å². The van der Waals surface area contributed by atoms with Crippen LogP contribution in [0.1, 0.15) is 36.0 Å². The van der Waals surface area contributed by atoms with Gasteiger partial charge in [-0.3, -0.25) is 19.6 Å². The minimum Gasteiger partial charge on any atom is -0.507 e. The lowest BCUT2D eigenvalue weighted by atomic mass is 10.2. The average molecular weight is 477 g/mol. The third-order valence-corrected chi connectivity index (χ3v) is 6.49. The van der Waals surface area contributed by atoms with Crippen molar-refractivity contribution in [2.75, 3.05) is 24.4 Å². The fourth-order valence-electron chi connectivity index (χ4n) is 3.33. The van der Waals surface area contributed by atoms with Crippen LogP contribution in [-0.4, -0.2) is 54.9 Å². The number of likely N-dealkylation sites (tertiary alicyclic amines) is 1. The number of aromatic hydroxyl groups is 1. The summed E-state index contributed by atoms with van der Waals surface area (Å²) in [6.07, 6.45) is 3.82. The highest BCUT2D eigenvalue weighted by molar-refractivity contribution is 7.92. The van der Waals surface area contributed by atoms with Gasteiger partial charge in [-0.05, 0) is 43.2 Å². The maximum Gasteiger partial charge on any atom is 0.342 e. The molecule has 0 unspecified atom stereocenters. The maximum absolute atomic E-state index is 12.7. The Kier molecular flexibility index (Phi) is 7.48. The van der Waals surface area contributed by atoms with Gasteiger partial charge >= 0.3 is 5.97 Å². The first kappa shape index (κ1) is 24.0. The monoisotopic (exact) mass is 477 g/mol. The molecule has 0 aliphatic carbocycles. The summed E-state index contributed by atoms with van der Waals surface area (Å²) in [5.74, 6) is -1.90. The van der Waals surface area contributed by atoms with Gasteiger partial charge in [-0.2, -0.15) is 0 Å². The lowest BCUT2D eigenvalue weighted by Crippen LogP contribution is -2.35. The van der Waals surface area contributed by atoms with Gasteiger partial charge in [-0.15, -0.1) is 0 Å². The van der Waals surface area contributed by atoms with E-state index < -0.39 is 38.8 Å². The molecule has 0 atom stereocenters. The molecule has 11 nitrogen and oxygen atoms in total. The molecule has 1 aliphatic heterocycles. The van der Waals surface area contributed by atoms with E-state index in [4.69, 9.17) is 4.74 Å². The minimum atomic E-state index is -4.19. The van der Waals surface area contributed by atoms with Gasteiger partial charge in [-0.25, -0.2) is 13.2 Å². The van der Waals surface area contributed by atoms with E-state index in [1.807, 2.05) is 0 Å². The molecule has 2 N–H and O–H groups in total. The Morgan fingerprint density at radius 3 is 2.30 bits per heavy atom. The summed E-state index contributed by atoms with van der Waals surface area (Å²) >= 11 is 0. The lowest BCUT2D eigenvalue weighted by molar-refractivity contribution is -0.384. The molecule has 0 bridgehead atoms. The van der Waals surface area contributed by atoms with Crippen LogP contribution in [0.25, 0.3) is 0 Å². The molecule has 1 aliphatic rings. The molecular weight excluding hydrogens is 454 g/mol. The van der Waals surface area contributed by atoms with E-state index in [1.54, 1.807) is 4.90 Å². The highest BCUT2D eigenvalue weighted by atomic mass is 32.2. The number of phenolic OH excluding ortho intramolecular Hbond substituents is 1. The van der Waals surface area contributed by atoms with E-state index in [1.165, 1.54) is 12.1 Å². The number of carbonyl (C=O) groups is 2. The average Bonchev–Trinajstić information content (AvgIpc) is 3.07. The van der Waals surface area contributed by atoms with Crippen molar-refractivity contribution in [3.8, 4) is 5.75 Å². The van der Waals surface area contributed by atoms with Crippen LogP contribution in [0.5, 0.6) is 5.75 Å². The van der Waals surface area contributed by atoms with Gasteiger partial charge in [0.05, 0.1) is 9.82 Å². The van der Waals surface area contributed by atoms with Crippen molar-refractivity contribution in [1.82, 2.24) is 4.90 Å². The van der Waals surface area contributed by atoms with Crippen LogP contribution >= 0.6 is 0 Å². The number of hydrogen-bond acceptors (Lipinski definition) is 8. The number of nitrogens with one attached hydrogen (secondary N) is 1. The number of phenols is 1. The molecule has 3 rings (SSSR count). The molecule has 0 saturated carbocycles. The van der Waals surface area contributed by atoms with E-state index in [0.29, 0.717) is 13.1 Å². The van der Waals surface area contributed by atoms with Crippen LogP contribution in [0.3, 0.4) is 0 Å². The SMILES string of the molecule is O=C(OCC(=O)N1CCCCCC1)c1cc(S(=O)(=O)Nc2ccc([N+](=O)[O-])cc2)ccc1O. The maximum atomic E-state index is 12.7. The summed E-state index contributed by atoms with van der Waals surface area (Å²) < 4.78 is 32.6. The quantitative estimate of drug-likeness (QED) is 0.350. The van der Waals surface area contributed by atoms with E-state index in [2.05, 4.69) is 4.72 Å². The second-order valence-corrected chi connectivity index (χ2v) is 9.14. The van der Waals surface area contributed by atoms with Crippen molar-refractivity contribution in [2.24, 2.45) is 0 Å². The van der Waals surface area contributed by atoms with Crippen LogP contribution in [0.4, 0.5) is 11.4 Å². The molecule has 1 fully saturated rings. The van der Waals surface area contributed by atoms with E-state index in [0.717, 1.165) is 56.0 Å². The number of esters is 1. The second-order valence-electron chi connectivity index (χ2n) is 7.46.